The van der Waals surface area contributed by atoms with Crippen molar-refractivity contribution in [2.24, 2.45) is 0 Å². The van der Waals surface area contributed by atoms with Gasteiger partial charge in [-0.25, -0.2) is 13.4 Å². The van der Waals surface area contributed by atoms with Gasteiger partial charge in [0.25, 0.3) is 0 Å². The van der Waals surface area contributed by atoms with Crippen LogP contribution < -0.4 is 0 Å². The molecule has 2 aromatic heterocycles. The first-order valence-electron chi connectivity index (χ1n) is 9.59. The Balaban J connectivity index is 1.61. The summed E-state index contributed by atoms with van der Waals surface area (Å²) < 4.78 is 30.1. The summed E-state index contributed by atoms with van der Waals surface area (Å²) in [6.45, 7) is 3.16. The molecular formula is C21H23ClN4O2S. The second-order valence-electron chi connectivity index (χ2n) is 7.35. The van der Waals surface area contributed by atoms with E-state index in [9.17, 15) is 8.42 Å². The van der Waals surface area contributed by atoms with Gasteiger partial charge in [0.2, 0.25) is 10.0 Å². The van der Waals surface area contributed by atoms with Gasteiger partial charge in [-0.3, -0.25) is 4.98 Å². The Kier molecular flexibility index (Phi) is 5.72. The van der Waals surface area contributed by atoms with Crippen LogP contribution in [0.2, 0.25) is 5.02 Å². The van der Waals surface area contributed by atoms with Crippen molar-refractivity contribution in [3.05, 3.63) is 82.7 Å². The topological polar surface area (TPSA) is 68.1 Å². The lowest BCUT2D eigenvalue weighted by atomic mass is 10.2. The highest BCUT2D eigenvalue weighted by Gasteiger charge is 2.37. The predicted molar refractivity (Wildman–Crippen MR) is 113 cm³/mol. The molecule has 0 bridgehead atoms. The summed E-state index contributed by atoms with van der Waals surface area (Å²) in [5.74, 6) is 0.765. The van der Waals surface area contributed by atoms with Gasteiger partial charge in [-0.2, -0.15) is 4.31 Å². The third kappa shape index (κ3) is 4.37. The molecule has 1 aliphatic heterocycles. The second kappa shape index (κ2) is 8.26. The molecule has 1 aromatic carbocycles. The van der Waals surface area contributed by atoms with Crippen molar-refractivity contribution >= 4 is 21.6 Å². The van der Waals surface area contributed by atoms with Gasteiger partial charge in [0.15, 0.2) is 0 Å². The minimum Gasteiger partial charge on any atom is -0.327 e. The molecule has 4 rings (SSSR count). The maximum atomic E-state index is 13.2. The van der Waals surface area contributed by atoms with Crippen LogP contribution in [0.4, 0.5) is 0 Å². The van der Waals surface area contributed by atoms with Crippen LogP contribution in [0, 0.1) is 6.92 Å². The van der Waals surface area contributed by atoms with Gasteiger partial charge >= 0.3 is 0 Å². The number of nitrogens with zero attached hydrogens (tertiary/aromatic N) is 4. The Labute approximate surface area is 176 Å². The second-order valence-corrected chi connectivity index (χ2v) is 9.71. The molecule has 1 saturated heterocycles. The largest absolute Gasteiger partial charge is 0.327 e. The average Bonchev–Trinajstić information content (AvgIpc) is 3.32. The number of pyridine rings is 1. The monoisotopic (exact) mass is 430 g/mol. The van der Waals surface area contributed by atoms with Crippen LogP contribution in [-0.4, -0.2) is 33.8 Å². The van der Waals surface area contributed by atoms with Gasteiger partial charge in [-0.1, -0.05) is 23.7 Å². The Morgan fingerprint density at radius 1 is 1.10 bits per heavy atom. The number of aryl methyl sites for hydroxylation is 1. The molecule has 8 heteroatoms. The molecular weight excluding hydrogens is 408 g/mol. The first-order chi connectivity index (χ1) is 13.9. The van der Waals surface area contributed by atoms with Gasteiger partial charge in [0.05, 0.1) is 11.8 Å². The zero-order chi connectivity index (χ0) is 20.4. The molecule has 0 radical (unpaired) electrons. The maximum absolute atomic E-state index is 13.2. The number of rotatable bonds is 6. The molecule has 152 valence electrons. The van der Waals surface area contributed by atoms with E-state index in [1.165, 1.54) is 0 Å². The van der Waals surface area contributed by atoms with Gasteiger partial charge in [-0.15, -0.1) is 0 Å². The molecule has 0 saturated carbocycles. The van der Waals surface area contributed by atoms with Gasteiger partial charge in [0, 0.05) is 42.4 Å². The minimum atomic E-state index is -3.48. The van der Waals surface area contributed by atoms with Crippen molar-refractivity contribution in [1.29, 1.82) is 0 Å². The van der Waals surface area contributed by atoms with E-state index >= 15 is 0 Å². The number of benzene rings is 1. The van der Waals surface area contributed by atoms with Crippen LogP contribution in [0.5, 0.6) is 0 Å². The van der Waals surface area contributed by atoms with Crippen LogP contribution in [0.1, 0.15) is 41.5 Å². The molecule has 29 heavy (non-hydrogen) atoms. The number of imidazole rings is 1. The number of sulfonamides is 1. The van der Waals surface area contributed by atoms with E-state index in [1.807, 2.05) is 25.3 Å². The van der Waals surface area contributed by atoms with E-state index in [-0.39, 0.29) is 11.8 Å². The number of aromatic nitrogens is 3. The third-order valence-electron chi connectivity index (χ3n) is 5.30. The SMILES string of the molecule is Cc1cnc(C2CCCN2S(=O)(=O)Cc2ccc(Cl)cc2)n1Cc1ccncc1. The molecule has 0 amide bonds. The Morgan fingerprint density at radius 2 is 1.83 bits per heavy atom. The molecule has 0 N–H and O–H groups in total. The lowest BCUT2D eigenvalue weighted by Gasteiger charge is -2.25. The fourth-order valence-electron chi connectivity index (χ4n) is 3.83. The Hall–Kier alpha value is -2.22. The third-order valence-corrected chi connectivity index (χ3v) is 7.40. The fraction of sp³-hybridized carbons (Fsp3) is 0.333. The van der Waals surface area contributed by atoms with Crippen molar-refractivity contribution in [2.45, 2.75) is 38.1 Å². The number of hydrogen-bond acceptors (Lipinski definition) is 4. The normalized spacial score (nSPS) is 17.7. The first kappa shape index (κ1) is 20.1. The van der Waals surface area contributed by atoms with Crippen molar-refractivity contribution in [3.8, 4) is 0 Å². The molecule has 1 atom stereocenters. The fourth-order valence-corrected chi connectivity index (χ4v) is 5.73. The molecule has 3 aromatic rings. The van der Waals surface area contributed by atoms with E-state index in [1.54, 1.807) is 41.0 Å². The van der Waals surface area contributed by atoms with E-state index in [4.69, 9.17) is 11.6 Å². The van der Waals surface area contributed by atoms with Crippen LogP contribution in [0.25, 0.3) is 0 Å². The zero-order valence-corrected chi connectivity index (χ0v) is 17.8. The number of halogens is 1. The summed E-state index contributed by atoms with van der Waals surface area (Å²) >= 11 is 5.92. The van der Waals surface area contributed by atoms with Crippen LogP contribution in [0.15, 0.2) is 55.0 Å². The Morgan fingerprint density at radius 3 is 2.55 bits per heavy atom. The molecule has 0 spiro atoms. The highest BCUT2D eigenvalue weighted by Crippen LogP contribution is 2.35. The summed E-state index contributed by atoms with van der Waals surface area (Å²) in [6, 6.07) is 10.7. The van der Waals surface area contributed by atoms with E-state index in [0.29, 0.717) is 18.1 Å². The lowest BCUT2D eigenvalue weighted by Crippen LogP contribution is -2.33. The molecule has 1 fully saturated rings. The molecule has 3 heterocycles. The summed E-state index contributed by atoms with van der Waals surface area (Å²) in [6.07, 6.45) is 6.94. The van der Waals surface area contributed by atoms with Crippen LogP contribution in [-0.2, 0) is 22.3 Å². The minimum absolute atomic E-state index is 0.0370. The molecule has 6 nitrogen and oxygen atoms in total. The smallest absolute Gasteiger partial charge is 0.218 e. The van der Waals surface area contributed by atoms with Crippen LogP contribution >= 0.6 is 11.6 Å². The summed E-state index contributed by atoms with van der Waals surface area (Å²) in [5.41, 5.74) is 2.85. The molecule has 1 unspecified atom stereocenters. The quantitative estimate of drug-likeness (QED) is 0.593. The summed E-state index contributed by atoms with van der Waals surface area (Å²) in [4.78, 5) is 8.67. The van der Waals surface area contributed by atoms with Gasteiger partial charge < -0.3 is 4.57 Å². The predicted octanol–water partition coefficient (Wildman–Crippen LogP) is 3.96. The van der Waals surface area contributed by atoms with E-state index < -0.39 is 10.0 Å². The highest BCUT2D eigenvalue weighted by molar-refractivity contribution is 7.88. The maximum Gasteiger partial charge on any atom is 0.218 e. The van der Waals surface area contributed by atoms with Crippen molar-refractivity contribution in [3.63, 3.8) is 0 Å². The lowest BCUT2D eigenvalue weighted by molar-refractivity contribution is 0.373. The molecule has 0 aliphatic carbocycles. The highest BCUT2D eigenvalue weighted by atomic mass is 35.5. The standard InChI is InChI=1S/C21H23ClN4O2S/c1-16-13-24-21(25(16)14-17-8-10-23-11-9-17)20-3-2-12-26(20)29(27,28)15-18-4-6-19(22)7-5-18/h4-11,13,20H,2-3,12,14-15H2,1H3. The van der Waals surface area contributed by atoms with Gasteiger partial charge in [-0.05, 0) is 55.2 Å². The van der Waals surface area contributed by atoms with Gasteiger partial charge in [0.1, 0.15) is 5.82 Å². The van der Waals surface area contributed by atoms with Crippen molar-refractivity contribution in [2.75, 3.05) is 6.54 Å². The zero-order valence-electron chi connectivity index (χ0n) is 16.2. The Bertz CT molecular complexity index is 1080. The van der Waals surface area contributed by atoms with Crippen molar-refractivity contribution in [1.82, 2.24) is 18.8 Å². The van der Waals surface area contributed by atoms with E-state index in [2.05, 4.69) is 14.5 Å². The number of hydrogen-bond donors (Lipinski definition) is 0. The summed E-state index contributed by atoms with van der Waals surface area (Å²) in [7, 11) is -3.48. The van der Waals surface area contributed by atoms with Crippen molar-refractivity contribution < 1.29 is 8.42 Å². The summed E-state index contributed by atoms with van der Waals surface area (Å²) in [5, 5.41) is 0.596. The average molecular weight is 431 g/mol. The van der Waals surface area contributed by atoms with E-state index in [0.717, 1.165) is 35.5 Å². The molecule has 1 aliphatic rings. The first-order valence-corrected chi connectivity index (χ1v) is 11.6. The van der Waals surface area contributed by atoms with Crippen LogP contribution in [0.3, 0.4) is 0 Å².